The number of rotatable bonds is 10. The molecule has 286 valence electrons. The molecular weight excluding hydrogens is 705 g/mol. The Morgan fingerprint density at radius 3 is 2.50 bits per heavy atom. The monoisotopic (exact) mass is 750 g/mol. The number of fused-ring (bicyclic) bond motifs is 1. The van der Waals surface area contributed by atoms with Crippen LogP contribution in [-0.2, 0) is 15.0 Å². The van der Waals surface area contributed by atoms with Crippen LogP contribution in [0.4, 0.5) is 5.69 Å². The number of hydrogen-bond acceptors (Lipinski definition) is 11. The number of nitrogens with one attached hydrogen (secondary N) is 2. The van der Waals surface area contributed by atoms with Crippen molar-refractivity contribution >= 4 is 28.5 Å². The van der Waals surface area contributed by atoms with E-state index in [-0.39, 0.29) is 11.8 Å². The van der Waals surface area contributed by atoms with E-state index in [1.165, 1.54) is 31.0 Å². The Bertz CT molecular complexity index is 2320. The summed E-state index contributed by atoms with van der Waals surface area (Å²) in [6.45, 7) is 7.07. The number of benzene rings is 1. The van der Waals surface area contributed by atoms with Gasteiger partial charge in [0.05, 0.1) is 47.0 Å². The van der Waals surface area contributed by atoms with Crippen LogP contribution in [0.15, 0.2) is 61.2 Å². The zero-order chi connectivity index (χ0) is 38.8. The molecule has 5 aromatic rings. The molecule has 2 amide bonds. The number of amides is 2. The third kappa shape index (κ3) is 7.49. The molecule has 2 saturated heterocycles. The van der Waals surface area contributed by atoms with Gasteiger partial charge in [-0.2, -0.15) is 20.3 Å². The van der Waals surface area contributed by atoms with E-state index in [0.717, 1.165) is 62.0 Å². The van der Waals surface area contributed by atoms with Gasteiger partial charge in [0.15, 0.2) is 11.5 Å². The summed E-state index contributed by atoms with van der Waals surface area (Å²) in [4.78, 5) is 36.0. The molecular formula is C42H46N12O2. The van der Waals surface area contributed by atoms with Gasteiger partial charge in [0, 0.05) is 30.0 Å². The Balaban J connectivity index is 0.838. The lowest BCUT2D eigenvalue weighted by atomic mass is 9.75. The molecule has 3 fully saturated rings. The normalized spacial score (nSPS) is 22.6. The fraction of sp³-hybridized carbons (Fsp3) is 0.452. The van der Waals surface area contributed by atoms with E-state index in [9.17, 15) is 20.1 Å². The number of imide groups is 1. The first-order valence-electron chi connectivity index (χ1n) is 19.7. The van der Waals surface area contributed by atoms with Gasteiger partial charge >= 0.3 is 0 Å². The summed E-state index contributed by atoms with van der Waals surface area (Å²) >= 11 is 0. The maximum absolute atomic E-state index is 12.6. The molecule has 6 heterocycles. The van der Waals surface area contributed by atoms with E-state index in [1.807, 2.05) is 19.2 Å². The van der Waals surface area contributed by atoms with Gasteiger partial charge in [-0.05, 0) is 114 Å². The van der Waals surface area contributed by atoms with E-state index in [4.69, 9.17) is 0 Å². The number of anilines is 1. The summed E-state index contributed by atoms with van der Waals surface area (Å²) in [6.07, 6.45) is 15.8. The van der Waals surface area contributed by atoms with Gasteiger partial charge in [-0.25, -0.2) is 14.6 Å². The predicted octanol–water partition coefficient (Wildman–Crippen LogP) is 5.83. The molecule has 1 aromatic carbocycles. The summed E-state index contributed by atoms with van der Waals surface area (Å²) in [7, 11) is 0. The third-order valence-corrected chi connectivity index (χ3v) is 12.3. The maximum Gasteiger partial charge on any atom is 0.236 e. The number of nitriles is 2. The average molecular weight is 751 g/mol. The SMILES string of the molecule is C[C@H](C#N)Nc1cc(-n2ncc3cc(C#N)cnc32)ncc1-n1cc(C2CCC(CCN3CCC(c4ccc([C@@]5(C)CCC(=O)NC5=O)cc4)CC3)CC2)nn1. The third-order valence-electron chi connectivity index (χ3n) is 12.3. The van der Waals surface area contributed by atoms with E-state index < -0.39 is 11.5 Å². The molecule has 4 aromatic heterocycles. The van der Waals surface area contributed by atoms with Crippen LogP contribution >= 0.6 is 0 Å². The molecule has 0 bridgehead atoms. The molecule has 2 aliphatic heterocycles. The Morgan fingerprint density at radius 2 is 1.77 bits per heavy atom. The Kier molecular flexibility index (Phi) is 10.3. The van der Waals surface area contributed by atoms with Crippen molar-refractivity contribution in [3.05, 3.63) is 83.6 Å². The fourth-order valence-corrected chi connectivity index (χ4v) is 8.65. The van der Waals surface area contributed by atoms with E-state index in [2.05, 4.69) is 77.3 Å². The van der Waals surface area contributed by atoms with Crippen LogP contribution in [0.2, 0.25) is 0 Å². The summed E-state index contributed by atoms with van der Waals surface area (Å²) < 4.78 is 3.35. The standard InChI is InChI=1S/C42H46N12O2/c1-27(21-43)48-35-20-38(54-40-33(24-47-54)19-29(22-44)23-46-40)45-25-37(35)53-26-36(50-51-53)32-5-3-28(4-6-32)12-16-52-17-13-31(14-18-52)30-7-9-34(10-8-30)42(2)15-11-39(55)49-41(42)56/h7-10,19-20,23-28,31-32H,3-6,11-18H2,1-2H3,(H,45,48)(H,49,55,56)/t27-,28?,32?,42-/m1/s1. The number of likely N-dealkylation sites (tertiary alicyclic amines) is 1. The smallest absolute Gasteiger partial charge is 0.236 e. The Hall–Kier alpha value is -5.99. The predicted molar refractivity (Wildman–Crippen MR) is 209 cm³/mol. The van der Waals surface area contributed by atoms with E-state index in [1.54, 1.807) is 34.7 Å². The van der Waals surface area contributed by atoms with Crippen molar-refractivity contribution in [3.8, 4) is 23.6 Å². The van der Waals surface area contributed by atoms with Crippen LogP contribution < -0.4 is 10.6 Å². The maximum atomic E-state index is 12.6. The largest absolute Gasteiger partial charge is 0.368 e. The van der Waals surface area contributed by atoms with Crippen molar-refractivity contribution in [1.82, 2.24) is 45.0 Å². The second-order valence-electron chi connectivity index (χ2n) is 15.9. The van der Waals surface area contributed by atoms with E-state index >= 15 is 0 Å². The number of hydrogen-bond donors (Lipinski definition) is 2. The minimum atomic E-state index is -0.651. The molecule has 1 aliphatic carbocycles. The number of nitrogens with zero attached hydrogens (tertiary/aromatic N) is 10. The molecule has 0 unspecified atom stereocenters. The zero-order valence-electron chi connectivity index (χ0n) is 31.9. The minimum absolute atomic E-state index is 0.183. The molecule has 1 saturated carbocycles. The molecule has 56 heavy (non-hydrogen) atoms. The van der Waals surface area contributed by atoms with Crippen LogP contribution in [0.25, 0.3) is 22.5 Å². The quantitative estimate of drug-likeness (QED) is 0.164. The second-order valence-corrected chi connectivity index (χ2v) is 15.9. The van der Waals surface area contributed by atoms with Crippen molar-refractivity contribution in [3.63, 3.8) is 0 Å². The second kappa shape index (κ2) is 15.6. The molecule has 0 spiro atoms. The summed E-state index contributed by atoms with van der Waals surface area (Å²) in [5.41, 5.74) is 5.03. The summed E-state index contributed by atoms with van der Waals surface area (Å²) in [5.74, 6) is 1.73. The van der Waals surface area contributed by atoms with E-state index in [0.29, 0.717) is 59.0 Å². The van der Waals surface area contributed by atoms with Gasteiger partial charge in [0.25, 0.3) is 0 Å². The first-order valence-corrected chi connectivity index (χ1v) is 19.7. The molecule has 2 N–H and O–H groups in total. The lowest BCUT2D eigenvalue weighted by molar-refractivity contribution is -0.137. The molecule has 14 heteroatoms. The highest BCUT2D eigenvalue weighted by molar-refractivity contribution is 6.03. The molecule has 3 aliphatic rings. The molecule has 14 nitrogen and oxygen atoms in total. The van der Waals surface area contributed by atoms with Crippen LogP contribution in [0.5, 0.6) is 0 Å². The number of carbonyl (C=O) groups excluding carboxylic acids is 2. The van der Waals surface area contributed by atoms with Crippen molar-refractivity contribution in [2.24, 2.45) is 5.92 Å². The minimum Gasteiger partial charge on any atom is -0.368 e. The topological polar surface area (TPSA) is 183 Å². The van der Waals surface area contributed by atoms with Gasteiger partial charge in [-0.3, -0.25) is 14.9 Å². The lowest BCUT2D eigenvalue weighted by Gasteiger charge is -2.35. The number of carbonyl (C=O) groups is 2. The zero-order valence-corrected chi connectivity index (χ0v) is 31.9. The van der Waals surface area contributed by atoms with Gasteiger partial charge in [0.2, 0.25) is 11.8 Å². The highest BCUT2D eigenvalue weighted by Gasteiger charge is 2.40. The van der Waals surface area contributed by atoms with Crippen LogP contribution in [0.3, 0.4) is 0 Å². The highest BCUT2D eigenvalue weighted by Crippen LogP contribution is 2.38. The first kappa shape index (κ1) is 37.0. The van der Waals surface area contributed by atoms with Crippen LogP contribution in [0.1, 0.15) is 106 Å². The average Bonchev–Trinajstić information content (AvgIpc) is 3.90. The highest BCUT2D eigenvalue weighted by atomic mass is 16.2. The van der Waals surface area contributed by atoms with Crippen LogP contribution in [0, 0.1) is 28.6 Å². The summed E-state index contributed by atoms with van der Waals surface area (Å²) in [5, 5.41) is 38.9. The van der Waals surface area contributed by atoms with Crippen molar-refractivity contribution < 1.29 is 9.59 Å². The van der Waals surface area contributed by atoms with Crippen molar-refractivity contribution in [1.29, 1.82) is 10.5 Å². The molecule has 0 radical (unpaired) electrons. The van der Waals surface area contributed by atoms with Crippen LogP contribution in [-0.4, -0.2) is 77.1 Å². The lowest BCUT2D eigenvalue weighted by Crippen LogP contribution is -2.49. The van der Waals surface area contributed by atoms with Gasteiger partial charge in [0.1, 0.15) is 17.8 Å². The van der Waals surface area contributed by atoms with Crippen molar-refractivity contribution in [2.45, 2.75) is 94.9 Å². The van der Waals surface area contributed by atoms with Gasteiger partial charge in [-0.15, -0.1) is 5.10 Å². The number of aromatic nitrogens is 7. The molecule has 2 atom stereocenters. The Morgan fingerprint density at radius 1 is 0.982 bits per heavy atom. The Labute approximate surface area is 325 Å². The number of pyridine rings is 2. The molecule has 8 rings (SSSR count). The number of piperidine rings is 2. The van der Waals surface area contributed by atoms with Crippen molar-refractivity contribution in [2.75, 3.05) is 25.0 Å². The fourth-order valence-electron chi connectivity index (χ4n) is 8.65. The van der Waals surface area contributed by atoms with Gasteiger partial charge in [-0.1, -0.05) is 29.5 Å². The first-order chi connectivity index (χ1) is 27.2. The van der Waals surface area contributed by atoms with Gasteiger partial charge < -0.3 is 10.2 Å². The summed E-state index contributed by atoms with van der Waals surface area (Å²) in [6, 6.07) is 16.0.